The zero-order chi connectivity index (χ0) is 18.4. The van der Waals surface area contributed by atoms with Crippen molar-refractivity contribution in [1.29, 1.82) is 5.26 Å². The summed E-state index contributed by atoms with van der Waals surface area (Å²) < 4.78 is 0. The summed E-state index contributed by atoms with van der Waals surface area (Å²) in [6.45, 7) is 15.1. The number of hydrogen-bond donors (Lipinski definition) is 0. The average Bonchev–Trinajstić information content (AvgIpc) is 2.54. The second-order valence-electron chi connectivity index (χ2n) is 8.82. The Morgan fingerprint density at radius 1 is 1.36 bits per heavy atom. The quantitative estimate of drug-likeness (QED) is 0.768. The summed E-state index contributed by atoms with van der Waals surface area (Å²) in [5, 5.41) is 9.52. The highest BCUT2D eigenvalue weighted by atomic mass is 14.9. The first-order valence-corrected chi connectivity index (χ1v) is 9.42. The lowest BCUT2D eigenvalue weighted by atomic mass is 9.60. The van der Waals surface area contributed by atoms with E-state index in [0.29, 0.717) is 5.92 Å². The Morgan fingerprint density at radius 3 is 2.68 bits per heavy atom. The van der Waals surface area contributed by atoms with E-state index in [0.717, 1.165) is 54.8 Å². The number of aryl methyl sites for hydroxylation is 1. The van der Waals surface area contributed by atoms with Gasteiger partial charge in [0, 0.05) is 16.5 Å². The molecule has 0 bridgehead atoms. The lowest BCUT2D eigenvalue weighted by molar-refractivity contribution is 0.289. The molecule has 0 saturated carbocycles. The summed E-state index contributed by atoms with van der Waals surface area (Å²) in [5.41, 5.74) is 5.15. The van der Waals surface area contributed by atoms with Crippen molar-refractivity contribution < 1.29 is 0 Å². The van der Waals surface area contributed by atoms with E-state index in [1.165, 1.54) is 11.3 Å². The topological polar surface area (TPSA) is 49.6 Å². The van der Waals surface area contributed by atoms with Crippen molar-refractivity contribution in [3.63, 3.8) is 0 Å². The summed E-state index contributed by atoms with van der Waals surface area (Å²) in [6.07, 6.45) is 7.27. The van der Waals surface area contributed by atoms with Gasteiger partial charge in [-0.05, 0) is 42.7 Å². The van der Waals surface area contributed by atoms with Crippen LogP contribution in [0.3, 0.4) is 0 Å². The number of fused-ring (bicyclic) bond motifs is 3. The molecule has 0 saturated heterocycles. The molecular formula is C22H29N3. The van der Waals surface area contributed by atoms with Gasteiger partial charge in [0.05, 0.1) is 17.3 Å². The third-order valence-corrected chi connectivity index (χ3v) is 5.79. The standard InChI is InChI=1S/C22H29N3/c1-7-8-18-17-10-9-16-11-14(2)15(13-23)12-22(16,6)19(17)25-20(24-18)21(3,4)5/h12,16H,2,7-11H2,1,3-6H3. The van der Waals surface area contributed by atoms with E-state index < -0.39 is 0 Å². The predicted octanol–water partition coefficient (Wildman–Crippen LogP) is 4.96. The van der Waals surface area contributed by atoms with Gasteiger partial charge in [-0.1, -0.05) is 53.7 Å². The molecule has 2 aliphatic rings. The van der Waals surface area contributed by atoms with Gasteiger partial charge in [-0.25, -0.2) is 9.97 Å². The third-order valence-electron chi connectivity index (χ3n) is 5.79. The normalized spacial score (nSPS) is 25.7. The number of rotatable bonds is 2. The largest absolute Gasteiger partial charge is 0.237 e. The maximum Gasteiger partial charge on any atom is 0.134 e. The molecular weight excluding hydrogens is 306 g/mol. The Bertz CT molecular complexity index is 789. The molecule has 25 heavy (non-hydrogen) atoms. The van der Waals surface area contributed by atoms with E-state index in [-0.39, 0.29) is 10.8 Å². The van der Waals surface area contributed by atoms with Gasteiger partial charge in [0.15, 0.2) is 0 Å². The fraction of sp³-hybridized carbons (Fsp3) is 0.591. The minimum Gasteiger partial charge on any atom is -0.237 e. The molecule has 3 rings (SSSR count). The number of allylic oxidation sites excluding steroid dienone is 3. The zero-order valence-corrected chi connectivity index (χ0v) is 16.2. The molecule has 1 aromatic heterocycles. The summed E-state index contributed by atoms with van der Waals surface area (Å²) >= 11 is 0. The first kappa shape index (κ1) is 17.9. The van der Waals surface area contributed by atoms with Crippen molar-refractivity contribution in [3.05, 3.63) is 46.6 Å². The molecule has 3 nitrogen and oxygen atoms in total. The number of hydrogen-bond acceptors (Lipinski definition) is 3. The lowest BCUT2D eigenvalue weighted by Gasteiger charge is -2.44. The second-order valence-corrected chi connectivity index (χ2v) is 8.82. The zero-order valence-electron chi connectivity index (χ0n) is 16.2. The minimum absolute atomic E-state index is 0.0825. The van der Waals surface area contributed by atoms with Crippen molar-refractivity contribution in [1.82, 2.24) is 9.97 Å². The van der Waals surface area contributed by atoms with Gasteiger partial charge in [0.2, 0.25) is 0 Å². The number of nitriles is 1. The SMILES string of the molecule is C=C1CC2CCc3c(CCC)nc(C(C)(C)C)nc3C2(C)C=C1C#N. The van der Waals surface area contributed by atoms with Gasteiger partial charge in [-0.2, -0.15) is 5.26 Å². The second kappa shape index (κ2) is 6.09. The molecule has 2 aliphatic carbocycles. The monoisotopic (exact) mass is 335 g/mol. The molecule has 0 N–H and O–H groups in total. The Morgan fingerprint density at radius 2 is 2.08 bits per heavy atom. The summed E-state index contributed by atoms with van der Waals surface area (Å²) in [4.78, 5) is 10.0. The first-order chi connectivity index (χ1) is 11.7. The van der Waals surface area contributed by atoms with Crippen molar-refractivity contribution in [3.8, 4) is 6.07 Å². The van der Waals surface area contributed by atoms with Crippen molar-refractivity contribution in [2.24, 2.45) is 5.92 Å². The molecule has 3 heteroatoms. The van der Waals surface area contributed by atoms with Crippen LogP contribution in [-0.2, 0) is 23.7 Å². The first-order valence-electron chi connectivity index (χ1n) is 9.42. The van der Waals surface area contributed by atoms with E-state index in [2.05, 4.69) is 53.3 Å². The van der Waals surface area contributed by atoms with Gasteiger partial charge in [0.25, 0.3) is 0 Å². The van der Waals surface area contributed by atoms with Crippen LogP contribution in [0, 0.1) is 17.2 Å². The molecule has 0 spiro atoms. The van der Waals surface area contributed by atoms with Crippen LogP contribution in [0.15, 0.2) is 23.8 Å². The van der Waals surface area contributed by atoms with Crippen LogP contribution in [0.1, 0.15) is 76.7 Å². The maximum atomic E-state index is 9.52. The van der Waals surface area contributed by atoms with Crippen LogP contribution in [0.2, 0.25) is 0 Å². The Balaban J connectivity index is 2.26. The van der Waals surface area contributed by atoms with E-state index in [1.807, 2.05) is 0 Å². The molecule has 0 fully saturated rings. The summed E-state index contributed by atoms with van der Waals surface area (Å²) in [7, 11) is 0. The van der Waals surface area contributed by atoms with Gasteiger partial charge < -0.3 is 0 Å². The van der Waals surface area contributed by atoms with Crippen LogP contribution in [-0.4, -0.2) is 9.97 Å². The molecule has 0 aliphatic heterocycles. The molecule has 0 radical (unpaired) electrons. The van der Waals surface area contributed by atoms with Gasteiger partial charge >= 0.3 is 0 Å². The predicted molar refractivity (Wildman–Crippen MR) is 101 cm³/mol. The lowest BCUT2D eigenvalue weighted by Crippen LogP contribution is -2.40. The van der Waals surface area contributed by atoms with Gasteiger partial charge in [0.1, 0.15) is 5.82 Å². The molecule has 1 aromatic rings. The fourth-order valence-corrected chi connectivity index (χ4v) is 4.25. The van der Waals surface area contributed by atoms with Crippen LogP contribution in [0.4, 0.5) is 0 Å². The highest BCUT2D eigenvalue weighted by Crippen LogP contribution is 2.49. The Kier molecular flexibility index (Phi) is 4.35. The molecule has 0 amide bonds. The molecule has 2 unspecified atom stereocenters. The number of aromatic nitrogens is 2. The highest BCUT2D eigenvalue weighted by Gasteiger charge is 2.45. The molecule has 2 atom stereocenters. The van der Waals surface area contributed by atoms with Gasteiger partial charge in [-0.15, -0.1) is 0 Å². The van der Waals surface area contributed by atoms with Crippen LogP contribution in [0.25, 0.3) is 0 Å². The van der Waals surface area contributed by atoms with Crippen LogP contribution in [0.5, 0.6) is 0 Å². The van der Waals surface area contributed by atoms with E-state index in [9.17, 15) is 5.26 Å². The maximum absolute atomic E-state index is 9.52. The van der Waals surface area contributed by atoms with E-state index in [1.54, 1.807) is 0 Å². The van der Waals surface area contributed by atoms with Crippen molar-refractivity contribution >= 4 is 0 Å². The Hall–Kier alpha value is -1.95. The van der Waals surface area contributed by atoms with Crippen LogP contribution >= 0.6 is 0 Å². The number of nitrogens with zero attached hydrogens (tertiary/aromatic N) is 3. The van der Waals surface area contributed by atoms with Crippen molar-refractivity contribution in [2.45, 2.75) is 77.6 Å². The van der Waals surface area contributed by atoms with E-state index >= 15 is 0 Å². The Labute approximate surface area is 151 Å². The molecule has 1 heterocycles. The van der Waals surface area contributed by atoms with Crippen molar-refractivity contribution in [2.75, 3.05) is 0 Å². The van der Waals surface area contributed by atoms with E-state index in [4.69, 9.17) is 9.97 Å². The smallest absolute Gasteiger partial charge is 0.134 e. The van der Waals surface area contributed by atoms with Crippen LogP contribution < -0.4 is 0 Å². The average molecular weight is 335 g/mol. The minimum atomic E-state index is -0.189. The third kappa shape index (κ3) is 2.92. The molecule has 132 valence electrons. The molecule has 0 aromatic carbocycles. The highest BCUT2D eigenvalue weighted by molar-refractivity contribution is 5.51. The summed E-state index contributed by atoms with van der Waals surface area (Å²) in [5.74, 6) is 1.40. The van der Waals surface area contributed by atoms with Gasteiger partial charge in [-0.3, -0.25) is 0 Å². The summed E-state index contributed by atoms with van der Waals surface area (Å²) in [6, 6.07) is 2.35. The fourth-order valence-electron chi connectivity index (χ4n) is 4.25.